The second-order valence-electron chi connectivity index (χ2n) is 5.37. The molecule has 3 nitrogen and oxygen atoms in total. The van der Waals surface area contributed by atoms with Gasteiger partial charge in [-0.3, -0.25) is 4.90 Å². The number of phenolic OH excluding ortho intramolecular Hbond substituents is 1. The van der Waals surface area contributed by atoms with Gasteiger partial charge in [-0.1, -0.05) is 31.3 Å². The van der Waals surface area contributed by atoms with Crippen molar-refractivity contribution in [1.29, 1.82) is 0 Å². The lowest BCUT2D eigenvalue weighted by Crippen LogP contribution is -2.44. The average molecular weight is 264 g/mol. The minimum Gasteiger partial charge on any atom is -0.508 e. The molecule has 1 saturated heterocycles. The first-order valence-corrected chi connectivity index (χ1v) is 6.71. The molecule has 0 unspecified atom stereocenters. The summed E-state index contributed by atoms with van der Waals surface area (Å²) < 4.78 is 0. The molecule has 4 heteroatoms. The quantitative estimate of drug-likeness (QED) is 0.822. The fourth-order valence-electron chi connectivity index (χ4n) is 2.31. The number of phenols is 1. The summed E-state index contributed by atoms with van der Waals surface area (Å²) in [7, 11) is 0. The lowest BCUT2D eigenvalue weighted by atomic mass is 9.80. The molecule has 0 amide bonds. The zero-order valence-electron chi connectivity index (χ0n) is 10.7. The van der Waals surface area contributed by atoms with Gasteiger partial charge in [-0.05, 0) is 43.6 Å². The molecule has 3 N–H and O–H groups in total. The lowest BCUT2D eigenvalue weighted by Gasteiger charge is -2.38. The Bertz CT molecular complexity index is 422. The van der Waals surface area contributed by atoms with E-state index < -0.39 is 0 Å². The van der Waals surface area contributed by atoms with Crippen LogP contribution in [0.25, 0.3) is 0 Å². The van der Waals surface area contributed by atoms with Gasteiger partial charge in [-0.15, -0.1) is 0 Å². The molecule has 18 heavy (non-hydrogen) atoms. The third kappa shape index (κ3) is 3.00. The monoisotopic (exact) mass is 264 g/mol. The van der Waals surface area contributed by atoms with Crippen molar-refractivity contribution in [3.63, 3.8) is 0 Å². The highest BCUT2D eigenvalue weighted by Gasteiger charge is 2.32. The maximum atomic E-state index is 9.25. The number of nitrogens with zero attached hydrogens (tertiary/aromatic N) is 1. The molecule has 1 aliphatic rings. The molecule has 1 heterocycles. The molecule has 1 aliphatic heterocycles. The zero-order chi connectivity index (χ0) is 13.2. The highest BCUT2D eigenvalue weighted by atomic mass is 32.1. The van der Waals surface area contributed by atoms with E-state index in [0.717, 1.165) is 32.5 Å². The van der Waals surface area contributed by atoms with Crippen molar-refractivity contribution < 1.29 is 5.11 Å². The van der Waals surface area contributed by atoms with Gasteiger partial charge in [-0.25, -0.2) is 0 Å². The molecule has 0 saturated carbocycles. The van der Waals surface area contributed by atoms with Crippen molar-refractivity contribution in [2.75, 3.05) is 13.1 Å². The molecule has 0 bridgehead atoms. The van der Waals surface area contributed by atoms with Crippen molar-refractivity contribution >= 4 is 17.2 Å². The second-order valence-corrected chi connectivity index (χ2v) is 5.81. The molecule has 0 spiro atoms. The van der Waals surface area contributed by atoms with Gasteiger partial charge in [-0.2, -0.15) is 0 Å². The van der Waals surface area contributed by atoms with Crippen LogP contribution in [0, 0.1) is 5.41 Å². The minimum atomic E-state index is 0.0286. The van der Waals surface area contributed by atoms with E-state index >= 15 is 0 Å². The first-order valence-electron chi connectivity index (χ1n) is 6.30. The Hall–Kier alpha value is -1.13. The van der Waals surface area contributed by atoms with Crippen LogP contribution in [0.15, 0.2) is 24.3 Å². The minimum absolute atomic E-state index is 0.0286. The van der Waals surface area contributed by atoms with Crippen LogP contribution in [0.2, 0.25) is 0 Å². The van der Waals surface area contributed by atoms with E-state index in [-0.39, 0.29) is 5.41 Å². The second kappa shape index (κ2) is 5.24. The molecular weight excluding hydrogens is 244 g/mol. The van der Waals surface area contributed by atoms with Crippen molar-refractivity contribution in [3.8, 4) is 5.75 Å². The third-order valence-electron chi connectivity index (χ3n) is 3.90. The summed E-state index contributed by atoms with van der Waals surface area (Å²) in [5, 5.41) is 9.25. The van der Waals surface area contributed by atoms with Crippen LogP contribution in [0.5, 0.6) is 5.75 Å². The van der Waals surface area contributed by atoms with Gasteiger partial charge in [0.15, 0.2) is 0 Å². The molecule has 2 rings (SSSR count). The molecule has 0 aromatic heterocycles. The lowest BCUT2D eigenvalue weighted by molar-refractivity contribution is 0.158. The Balaban J connectivity index is 1.91. The molecule has 0 aliphatic carbocycles. The SMILES string of the molecule is CC1(C(N)=S)CCN(Cc2ccc(O)cc2)CC1. The van der Waals surface area contributed by atoms with Gasteiger partial charge in [0.25, 0.3) is 0 Å². The van der Waals surface area contributed by atoms with E-state index in [2.05, 4.69) is 11.8 Å². The van der Waals surface area contributed by atoms with Crippen LogP contribution in [0.4, 0.5) is 0 Å². The van der Waals surface area contributed by atoms with Crippen LogP contribution in [-0.2, 0) is 6.54 Å². The van der Waals surface area contributed by atoms with E-state index in [1.165, 1.54) is 5.56 Å². The van der Waals surface area contributed by atoms with Gasteiger partial charge < -0.3 is 10.8 Å². The smallest absolute Gasteiger partial charge is 0.115 e. The van der Waals surface area contributed by atoms with Gasteiger partial charge >= 0.3 is 0 Å². The van der Waals surface area contributed by atoms with Crippen LogP contribution < -0.4 is 5.73 Å². The topological polar surface area (TPSA) is 49.5 Å². The molecular formula is C14H20N2OS. The Morgan fingerprint density at radius 2 is 1.89 bits per heavy atom. The number of nitrogens with two attached hydrogens (primary N) is 1. The summed E-state index contributed by atoms with van der Waals surface area (Å²) in [6, 6.07) is 7.41. The summed E-state index contributed by atoms with van der Waals surface area (Å²) in [5.41, 5.74) is 7.06. The van der Waals surface area contributed by atoms with Crippen molar-refractivity contribution in [2.24, 2.45) is 11.1 Å². The molecule has 0 atom stereocenters. The summed E-state index contributed by atoms with van der Waals surface area (Å²) in [5.74, 6) is 0.318. The van der Waals surface area contributed by atoms with E-state index in [4.69, 9.17) is 18.0 Å². The van der Waals surface area contributed by atoms with E-state index in [0.29, 0.717) is 10.7 Å². The standard InChI is InChI=1S/C14H20N2OS/c1-14(13(15)18)6-8-16(9-7-14)10-11-2-4-12(17)5-3-11/h2-5,17H,6-10H2,1H3,(H2,15,18). The predicted molar refractivity (Wildman–Crippen MR) is 77.5 cm³/mol. The zero-order valence-corrected chi connectivity index (χ0v) is 11.5. The normalized spacial score (nSPS) is 19.6. The Morgan fingerprint density at radius 1 is 1.33 bits per heavy atom. The van der Waals surface area contributed by atoms with Gasteiger partial charge in [0.2, 0.25) is 0 Å². The molecule has 98 valence electrons. The fourth-order valence-corrected chi connectivity index (χ4v) is 2.51. The maximum absolute atomic E-state index is 9.25. The Labute approximate surface area is 114 Å². The van der Waals surface area contributed by atoms with E-state index in [1.54, 1.807) is 12.1 Å². The molecule has 1 aromatic carbocycles. The van der Waals surface area contributed by atoms with Crippen LogP contribution in [0.1, 0.15) is 25.3 Å². The first kappa shape index (κ1) is 13.3. The average Bonchev–Trinajstić information content (AvgIpc) is 2.35. The summed E-state index contributed by atoms with van der Waals surface area (Å²) in [4.78, 5) is 3.05. The van der Waals surface area contributed by atoms with Crippen LogP contribution in [0.3, 0.4) is 0 Å². The summed E-state index contributed by atoms with van der Waals surface area (Å²) in [6.07, 6.45) is 2.06. The van der Waals surface area contributed by atoms with Crippen molar-refractivity contribution in [3.05, 3.63) is 29.8 Å². The number of aromatic hydroxyl groups is 1. The van der Waals surface area contributed by atoms with Crippen molar-refractivity contribution in [1.82, 2.24) is 4.90 Å². The molecule has 1 aromatic rings. The number of hydrogen-bond donors (Lipinski definition) is 2. The van der Waals surface area contributed by atoms with Crippen LogP contribution >= 0.6 is 12.2 Å². The number of likely N-dealkylation sites (tertiary alicyclic amines) is 1. The highest BCUT2D eigenvalue weighted by Crippen LogP contribution is 2.31. The highest BCUT2D eigenvalue weighted by molar-refractivity contribution is 7.80. The molecule has 0 radical (unpaired) electrons. The number of hydrogen-bond acceptors (Lipinski definition) is 3. The number of piperidine rings is 1. The fraction of sp³-hybridized carbons (Fsp3) is 0.500. The van der Waals surface area contributed by atoms with Crippen LogP contribution in [-0.4, -0.2) is 28.1 Å². The van der Waals surface area contributed by atoms with Gasteiger partial charge in [0.1, 0.15) is 5.75 Å². The Morgan fingerprint density at radius 3 is 2.39 bits per heavy atom. The number of thiocarbonyl (C=S) groups is 1. The first-order chi connectivity index (χ1) is 8.49. The maximum Gasteiger partial charge on any atom is 0.115 e. The molecule has 1 fully saturated rings. The Kier molecular flexibility index (Phi) is 3.88. The third-order valence-corrected chi connectivity index (χ3v) is 4.39. The van der Waals surface area contributed by atoms with E-state index in [9.17, 15) is 5.11 Å². The van der Waals surface area contributed by atoms with Gasteiger partial charge in [0.05, 0.1) is 4.99 Å². The number of rotatable bonds is 3. The van der Waals surface area contributed by atoms with E-state index in [1.807, 2.05) is 12.1 Å². The summed E-state index contributed by atoms with van der Waals surface area (Å²) in [6.45, 7) is 5.13. The largest absolute Gasteiger partial charge is 0.508 e. The predicted octanol–water partition coefficient (Wildman–Crippen LogP) is 2.28. The summed E-state index contributed by atoms with van der Waals surface area (Å²) >= 11 is 5.14. The van der Waals surface area contributed by atoms with Crippen molar-refractivity contribution in [2.45, 2.75) is 26.3 Å². The van der Waals surface area contributed by atoms with Gasteiger partial charge in [0, 0.05) is 12.0 Å². The number of benzene rings is 1.